The lowest BCUT2D eigenvalue weighted by Crippen LogP contribution is -2.51. The Balaban J connectivity index is 4.74. The zero-order valence-electron chi connectivity index (χ0n) is 6.23. The molecule has 0 rings (SSSR count). The summed E-state index contributed by atoms with van der Waals surface area (Å²) in [4.78, 5) is 10.2. The van der Waals surface area contributed by atoms with Crippen molar-refractivity contribution in [1.82, 2.24) is 0 Å². The lowest BCUT2D eigenvalue weighted by atomic mass is 10.2. The maximum absolute atomic E-state index is 12.1. The predicted molar refractivity (Wildman–Crippen MR) is 29.0 cm³/mol. The molecule has 3 nitrogen and oxygen atoms in total. The zero-order valence-corrected chi connectivity index (χ0v) is 6.23. The highest BCUT2D eigenvalue weighted by atomic mass is 19.4. The second kappa shape index (κ2) is 3.44. The predicted octanol–water partition coefficient (Wildman–Crippen LogP) is 0.718. The molecule has 0 spiro atoms. The molecule has 1 N–H and O–H groups in total. The number of rotatable bonds is 2. The van der Waals surface area contributed by atoms with Gasteiger partial charge in [0.1, 0.15) is 0 Å². The fourth-order valence-corrected chi connectivity index (χ4v) is 0.415. The summed E-state index contributed by atoms with van der Waals surface area (Å²) in [5.74, 6) is -7.54. The van der Waals surface area contributed by atoms with E-state index in [0.717, 1.165) is 0 Å². The van der Waals surface area contributed by atoms with Gasteiger partial charge in [0.05, 0.1) is 7.11 Å². The van der Waals surface area contributed by atoms with Crippen molar-refractivity contribution in [3.63, 3.8) is 0 Å². The molecule has 0 bridgehead atoms. The van der Waals surface area contributed by atoms with Gasteiger partial charge in [0, 0.05) is 0 Å². The molecule has 0 amide bonds. The van der Waals surface area contributed by atoms with Crippen LogP contribution in [0.3, 0.4) is 0 Å². The highest BCUT2D eigenvalue weighted by Gasteiger charge is 2.65. The fourth-order valence-electron chi connectivity index (χ4n) is 0.415. The number of aliphatic hydroxyl groups is 1. The number of alkyl halides is 5. The summed E-state index contributed by atoms with van der Waals surface area (Å²) in [6, 6.07) is 0. The number of hydrogen-bond donors (Lipinski definition) is 1. The summed E-state index contributed by atoms with van der Waals surface area (Å²) < 4.78 is 62.1. The van der Waals surface area contributed by atoms with Gasteiger partial charge in [0.15, 0.2) is 0 Å². The Morgan fingerprint density at radius 1 is 1.31 bits per heavy atom. The van der Waals surface area contributed by atoms with Crippen LogP contribution in [0.25, 0.3) is 0 Å². The first-order valence-electron chi connectivity index (χ1n) is 2.85. The van der Waals surface area contributed by atoms with Crippen LogP contribution in [0.1, 0.15) is 0 Å². The van der Waals surface area contributed by atoms with Gasteiger partial charge in [-0.15, -0.1) is 0 Å². The van der Waals surface area contributed by atoms with E-state index in [-0.39, 0.29) is 0 Å². The number of esters is 1. The first-order valence-corrected chi connectivity index (χ1v) is 2.85. The average Bonchev–Trinajstić information content (AvgIpc) is 1.99. The molecule has 78 valence electrons. The van der Waals surface area contributed by atoms with E-state index < -0.39 is 24.2 Å². The lowest BCUT2D eigenvalue weighted by Gasteiger charge is -2.22. The summed E-state index contributed by atoms with van der Waals surface area (Å²) in [5, 5.41) is 8.24. The average molecular weight is 208 g/mol. The van der Waals surface area contributed by atoms with Crippen molar-refractivity contribution in [2.75, 3.05) is 7.11 Å². The van der Waals surface area contributed by atoms with Crippen LogP contribution in [0.2, 0.25) is 0 Å². The van der Waals surface area contributed by atoms with E-state index in [2.05, 4.69) is 4.74 Å². The van der Waals surface area contributed by atoms with Gasteiger partial charge in [-0.1, -0.05) is 0 Å². The van der Waals surface area contributed by atoms with Crippen molar-refractivity contribution >= 4 is 5.97 Å². The number of methoxy groups -OCH3 is 1. The minimum absolute atomic E-state index is 0.581. The Bertz CT molecular complexity index is 199. The highest BCUT2D eigenvalue weighted by Crippen LogP contribution is 2.38. The second-order valence-electron chi connectivity index (χ2n) is 2.05. The maximum Gasteiger partial charge on any atom is 0.456 e. The number of carbonyl (C=O) groups excluding carboxylic acids is 1. The van der Waals surface area contributed by atoms with Crippen molar-refractivity contribution in [2.24, 2.45) is 0 Å². The Labute approximate surface area is 69.1 Å². The molecule has 0 aliphatic heterocycles. The minimum atomic E-state index is -5.99. The molecule has 1 atom stereocenters. The van der Waals surface area contributed by atoms with Gasteiger partial charge in [0.25, 0.3) is 0 Å². The Kier molecular flexibility index (Phi) is 3.20. The number of ether oxygens (including phenoxy) is 1. The van der Waals surface area contributed by atoms with Gasteiger partial charge in [0.2, 0.25) is 6.10 Å². The van der Waals surface area contributed by atoms with Crippen LogP contribution < -0.4 is 0 Å². The van der Waals surface area contributed by atoms with Crippen molar-refractivity contribution in [3.8, 4) is 0 Å². The van der Waals surface area contributed by atoms with Crippen LogP contribution in [-0.4, -0.2) is 36.4 Å². The molecular weight excluding hydrogens is 203 g/mol. The largest absolute Gasteiger partial charge is 0.467 e. The molecule has 0 aromatic carbocycles. The monoisotopic (exact) mass is 208 g/mol. The standard InChI is InChI=1S/C5H5F5O3/c1-13-3(12)2(11)4(6,7)5(8,9)10/h2,11H,1H3. The van der Waals surface area contributed by atoms with Crippen molar-refractivity contribution < 1.29 is 36.6 Å². The van der Waals surface area contributed by atoms with Crippen LogP contribution in [0.15, 0.2) is 0 Å². The van der Waals surface area contributed by atoms with Gasteiger partial charge in [-0.05, 0) is 0 Å². The van der Waals surface area contributed by atoms with Crippen LogP contribution in [-0.2, 0) is 9.53 Å². The maximum atomic E-state index is 12.1. The van der Waals surface area contributed by atoms with E-state index in [4.69, 9.17) is 5.11 Å². The van der Waals surface area contributed by atoms with Gasteiger partial charge in [-0.2, -0.15) is 22.0 Å². The third kappa shape index (κ3) is 2.27. The molecule has 0 aliphatic carbocycles. The molecular formula is C5H5F5O3. The Morgan fingerprint density at radius 3 is 1.92 bits per heavy atom. The van der Waals surface area contributed by atoms with Gasteiger partial charge in [-0.3, -0.25) is 0 Å². The first-order chi connectivity index (χ1) is 5.64. The molecule has 0 aromatic rings. The fraction of sp³-hybridized carbons (Fsp3) is 0.800. The van der Waals surface area contributed by atoms with E-state index in [1.165, 1.54) is 0 Å². The topological polar surface area (TPSA) is 46.5 Å². The van der Waals surface area contributed by atoms with E-state index in [1.54, 1.807) is 0 Å². The molecule has 0 saturated carbocycles. The molecule has 13 heavy (non-hydrogen) atoms. The number of carbonyl (C=O) groups is 1. The van der Waals surface area contributed by atoms with Gasteiger partial charge in [-0.25, -0.2) is 4.79 Å². The molecule has 0 fully saturated rings. The SMILES string of the molecule is COC(=O)C(O)C(F)(F)C(F)(F)F. The number of hydrogen-bond acceptors (Lipinski definition) is 3. The summed E-state index contributed by atoms with van der Waals surface area (Å²) in [6.07, 6.45) is -9.52. The molecule has 0 aliphatic rings. The van der Waals surface area contributed by atoms with Crippen LogP contribution in [0.5, 0.6) is 0 Å². The third-order valence-corrected chi connectivity index (χ3v) is 1.15. The summed E-state index contributed by atoms with van der Waals surface area (Å²) in [7, 11) is 0.581. The summed E-state index contributed by atoms with van der Waals surface area (Å²) in [5.41, 5.74) is 0. The number of halogens is 5. The molecule has 1 unspecified atom stereocenters. The zero-order chi connectivity index (χ0) is 10.9. The third-order valence-electron chi connectivity index (χ3n) is 1.15. The Morgan fingerprint density at radius 2 is 1.69 bits per heavy atom. The lowest BCUT2D eigenvalue weighted by molar-refractivity contribution is -0.310. The van der Waals surface area contributed by atoms with Crippen molar-refractivity contribution in [1.29, 1.82) is 0 Å². The summed E-state index contributed by atoms with van der Waals surface area (Å²) in [6.45, 7) is 0. The quantitative estimate of drug-likeness (QED) is 0.537. The van der Waals surface area contributed by atoms with E-state index in [0.29, 0.717) is 7.11 Å². The second-order valence-corrected chi connectivity index (χ2v) is 2.05. The van der Waals surface area contributed by atoms with Crippen LogP contribution >= 0.6 is 0 Å². The van der Waals surface area contributed by atoms with Gasteiger partial charge >= 0.3 is 18.1 Å². The summed E-state index contributed by atoms with van der Waals surface area (Å²) >= 11 is 0. The molecule has 0 radical (unpaired) electrons. The van der Waals surface area contributed by atoms with E-state index >= 15 is 0 Å². The number of aliphatic hydroxyl groups excluding tert-OH is 1. The molecule has 0 aromatic heterocycles. The van der Waals surface area contributed by atoms with E-state index in [9.17, 15) is 26.7 Å². The van der Waals surface area contributed by atoms with Crippen molar-refractivity contribution in [3.05, 3.63) is 0 Å². The smallest absolute Gasteiger partial charge is 0.456 e. The van der Waals surface area contributed by atoms with Gasteiger partial charge < -0.3 is 9.84 Å². The van der Waals surface area contributed by atoms with Crippen LogP contribution in [0, 0.1) is 0 Å². The highest BCUT2D eigenvalue weighted by molar-refractivity contribution is 5.75. The normalized spacial score (nSPS) is 15.3. The minimum Gasteiger partial charge on any atom is -0.467 e. The van der Waals surface area contributed by atoms with Crippen molar-refractivity contribution in [2.45, 2.75) is 18.2 Å². The Hall–Kier alpha value is -0.920. The molecule has 0 saturated heterocycles. The van der Waals surface area contributed by atoms with E-state index in [1.807, 2.05) is 0 Å². The molecule has 8 heteroatoms. The van der Waals surface area contributed by atoms with Crippen LogP contribution in [0.4, 0.5) is 22.0 Å². The molecule has 0 heterocycles. The first kappa shape index (κ1) is 12.1.